The first kappa shape index (κ1) is 30.0. The van der Waals surface area contributed by atoms with E-state index in [9.17, 15) is 9.59 Å². The molecule has 0 saturated carbocycles. The number of esters is 1. The molecule has 0 spiro atoms. The van der Waals surface area contributed by atoms with Crippen LogP contribution < -0.4 is 5.32 Å². The second kappa shape index (κ2) is 13.0. The van der Waals surface area contributed by atoms with E-state index in [1.807, 2.05) is 25.3 Å². The molecule has 210 valence electrons. The third kappa shape index (κ3) is 7.98. The fourth-order valence-electron chi connectivity index (χ4n) is 6.23. The molecule has 1 aliphatic rings. The number of benzene rings is 1. The zero-order valence-electron chi connectivity index (χ0n) is 24.5. The van der Waals surface area contributed by atoms with E-state index in [0.29, 0.717) is 12.5 Å². The number of ether oxygens (including phenoxy) is 1. The van der Waals surface area contributed by atoms with E-state index < -0.39 is 11.4 Å². The Bertz CT molecular complexity index is 1080. The Balaban J connectivity index is 1.73. The molecular formula is C31H48N4O3. The Hall–Kier alpha value is -2.54. The summed E-state index contributed by atoms with van der Waals surface area (Å²) in [6, 6.07) is 6.23. The van der Waals surface area contributed by atoms with Crippen molar-refractivity contribution in [2.75, 3.05) is 31.6 Å². The number of aromatic nitrogens is 2. The zero-order valence-corrected chi connectivity index (χ0v) is 24.5. The molecule has 7 nitrogen and oxygen atoms in total. The number of nitrogens with one attached hydrogen (secondary N) is 1. The van der Waals surface area contributed by atoms with E-state index >= 15 is 0 Å². The van der Waals surface area contributed by atoms with Crippen LogP contribution in [-0.4, -0.2) is 58.9 Å². The lowest BCUT2D eigenvalue weighted by atomic mass is 9.72. The number of carbonyl (C=O) groups is 2. The average molecular weight is 525 g/mol. The molecule has 1 aromatic carbocycles. The Morgan fingerprint density at radius 1 is 1.13 bits per heavy atom. The van der Waals surface area contributed by atoms with Gasteiger partial charge in [-0.15, -0.1) is 0 Å². The van der Waals surface area contributed by atoms with Gasteiger partial charge in [0.05, 0.1) is 5.52 Å². The van der Waals surface area contributed by atoms with Crippen LogP contribution in [-0.2, 0) is 14.3 Å². The van der Waals surface area contributed by atoms with Crippen LogP contribution in [0.2, 0.25) is 0 Å². The molecule has 1 saturated heterocycles. The predicted molar refractivity (Wildman–Crippen MR) is 154 cm³/mol. The van der Waals surface area contributed by atoms with Gasteiger partial charge < -0.3 is 10.1 Å². The number of hydrogen-bond donors (Lipinski definition) is 1. The normalized spacial score (nSPS) is 25.2. The molecule has 7 heteroatoms. The number of fused-ring (bicyclic) bond motifs is 1. The Kier molecular flexibility index (Phi) is 10.3. The fraction of sp³-hybridized carbons (Fsp3) is 0.677. The highest BCUT2D eigenvalue weighted by atomic mass is 16.5. The molecule has 1 fully saturated rings. The summed E-state index contributed by atoms with van der Waals surface area (Å²) in [5, 5.41) is 4.54. The molecule has 3 atom stereocenters. The number of cyclic esters (lactones) is 1. The summed E-state index contributed by atoms with van der Waals surface area (Å²) in [6.45, 7) is 17.5. The largest absolute Gasteiger partial charge is 0.463 e. The summed E-state index contributed by atoms with van der Waals surface area (Å²) >= 11 is 0. The van der Waals surface area contributed by atoms with Crippen LogP contribution in [0.25, 0.3) is 10.9 Å². The first-order valence-electron chi connectivity index (χ1n) is 14.3. The van der Waals surface area contributed by atoms with E-state index in [4.69, 9.17) is 4.74 Å². The van der Waals surface area contributed by atoms with Gasteiger partial charge in [-0.2, -0.15) is 0 Å². The predicted octanol–water partition coefficient (Wildman–Crippen LogP) is 6.13. The van der Waals surface area contributed by atoms with E-state index in [2.05, 4.69) is 53.9 Å². The van der Waals surface area contributed by atoms with Gasteiger partial charge in [0, 0.05) is 42.3 Å². The minimum Gasteiger partial charge on any atom is -0.463 e. The first-order chi connectivity index (χ1) is 17.9. The Morgan fingerprint density at radius 2 is 1.89 bits per heavy atom. The number of nitrogens with zero attached hydrogens (tertiary/aromatic N) is 3. The van der Waals surface area contributed by atoms with Gasteiger partial charge in [0.15, 0.2) is 5.78 Å². The smallest absolute Gasteiger partial charge is 0.319 e. The van der Waals surface area contributed by atoms with Crippen molar-refractivity contribution in [2.24, 2.45) is 22.7 Å². The summed E-state index contributed by atoms with van der Waals surface area (Å²) in [6.07, 6.45) is 8.08. The Morgan fingerprint density at radius 3 is 2.63 bits per heavy atom. The van der Waals surface area contributed by atoms with Crippen molar-refractivity contribution in [3.05, 3.63) is 30.7 Å². The van der Waals surface area contributed by atoms with Gasteiger partial charge in [-0.3, -0.25) is 14.5 Å². The highest BCUT2D eigenvalue weighted by Gasteiger charge is 2.42. The molecular weight excluding hydrogens is 476 g/mol. The maximum atomic E-state index is 13.3. The maximum absolute atomic E-state index is 13.3. The molecule has 2 heterocycles. The lowest BCUT2D eigenvalue weighted by Gasteiger charge is -2.36. The van der Waals surface area contributed by atoms with Gasteiger partial charge in [-0.05, 0) is 82.0 Å². The summed E-state index contributed by atoms with van der Waals surface area (Å²) in [4.78, 5) is 37.4. The van der Waals surface area contributed by atoms with Crippen LogP contribution in [0.3, 0.4) is 0 Å². The number of ketones is 1. The van der Waals surface area contributed by atoms with E-state index in [-0.39, 0.29) is 23.2 Å². The van der Waals surface area contributed by atoms with E-state index in [0.717, 1.165) is 68.3 Å². The van der Waals surface area contributed by atoms with Gasteiger partial charge in [-0.1, -0.05) is 34.6 Å². The SMILES string of the molecule is CCCN1C[C@H](C)CC(C)(C)C[C@@H](C)C(=O)C(C)(C)C(=O)OC[C@H]1CCCNc1ccc2ncncc2c1. The summed E-state index contributed by atoms with van der Waals surface area (Å²) in [7, 11) is 0. The summed E-state index contributed by atoms with van der Waals surface area (Å²) in [5.41, 5.74) is 0.852. The first-order valence-corrected chi connectivity index (χ1v) is 14.3. The van der Waals surface area contributed by atoms with Crippen LogP contribution in [0, 0.1) is 22.7 Å². The topological polar surface area (TPSA) is 84.4 Å². The monoisotopic (exact) mass is 524 g/mol. The zero-order chi connectivity index (χ0) is 27.9. The molecule has 0 unspecified atom stereocenters. The molecule has 2 aromatic rings. The van der Waals surface area contributed by atoms with Crippen molar-refractivity contribution < 1.29 is 14.3 Å². The van der Waals surface area contributed by atoms with Gasteiger partial charge in [0.1, 0.15) is 18.3 Å². The number of Topliss-reactive ketones (excluding diaryl/α,β-unsaturated/α-hetero) is 1. The summed E-state index contributed by atoms with van der Waals surface area (Å²) < 4.78 is 5.89. The van der Waals surface area contributed by atoms with E-state index in [1.165, 1.54) is 0 Å². The van der Waals surface area contributed by atoms with Crippen LogP contribution in [0.5, 0.6) is 0 Å². The lowest BCUT2D eigenvalue weighted by molar-refractivity contribution is -0.161. The van der Waals surface area contributed by atoms with Crippen molar-refractivity contribution in [1.29, 1.82) is 0 Å². The van der Waals surface area contributed by atoms with Gasteiger partial charge >= 0.3 is 5.97 Å². The fourth-order valence-corrected chi connectivity index (χ4v) is 6.23. The van der Waals surface area contributed by atoms with Crippen LogP contribution in [0.4, 0.5) is 5.69 Å². The second-order valence-corrected chi connectivity index (χ2v) is 12.7. The van der Waals surface area contributed by atoms with E-state index in [1.54, 1.807) is 20.2 Å². The highest BCUT2D eigenvalue weighted by molar-refractivity contribution is 6.03. The molecule has 1 aromatic heterocycles. The molecule has 1 N–H and O–H groups in total. The van der Waals surface area contributed by atoms with Crippen molar-refractivity contribution in [3.63, 3.8) is 0 Å². The maximum Gasteiger partial charge on any atom is 0.319 e. The van der Waals surface area contributed by atoms with Crippen molar-refractivity contribution in [1.82, 2.24) is 14.9 Å². The number of hydrogen-bond acceptors (Lipinski definition) is 7. The standard InChI is InChI=1S/C31H48N4O3/c1-8-14-35-19-22(2)16-30(4,5)17-23(3)28(36)31(6,7)29(37)38-20-26(35)10-9-13-33-25-11-12-27-24(15-25)18-32-21-34-27/h11-12,15,18,21-23,26,33H,8-10,13-14,16-17,19-20H2,1-7H3/t22-,23-,26-/m1/s1. The molecule has 0 radical (unpaired) electrons. The molecule has 0 amide bonds. The number of rotatable bonds is 7. The van der Waals surface area contributed by atoms with Gasteiger partial charge in [-0.25, -0.2) is 9.97 Å². The molecule has 0 bridgehead atoms. The van der Waals surface area contributed by atoms with Crippen molar-refractivity contribution >= 4 is 28.3 Å². The lowest BCUT2D eigenvalue weighted by Crippen LogP contribution is -2.44. The van der Waals surface area contributed by atoms with Gasteiger partial charge in [0.2, 0.25) is 0 Å². The minimum absolute atomic E-state index is 0.0186. The molecule has 3 rings (SSSR count). The van der Waals surface area contributed by atoms with Crippen LogP contribution >= 0.6 is 0 Å². The molecule has 1 aliphatic heterocycles. The van der Waals surface area contributed by atoms with Crippen molar-refractivity contribution in [3.8, 4) is 0 Å². The third-order valence-corrected chi connectivity index (χ3v) is 7.86. The Labute approximate surface area is 229 Å². The number of carbonyl (C=O) groups excluding carboxylic acids is 2. The average Bonchev–Trinajstić information content (AvgIpc) is 2.86. The van der Waals surface area contributed by atoms with Crippen molar-refractivity contribution in [2.45, 2.75) is 86.6 Å². The second-order valence-electron chi connectivity index (χ2n) is 12.7. The summed E-state index contributed by atoms with van der Waals surface area (Å²) in [5.74, 6) is -0.133. The van der Waals surface area contributed by atoms with Crippen LogP contribution in [0.15, 0.2) is 30.7 Å². The minimum atomic E-state index is -1.14. The highest BCUT2D eigenvalue weighted by Crippen LogP contribution is 2.37. The molecule has 0 aliphatic carbocycles. The number of anilines is 1. The van der Waals surface area contributed by atoms with Gasteiger partial charge in [0.25, 0.3) is 0 Å². The van der Waals surface area contributed by atoms with Crippen LogP contribution in [0.1, 0.15) is 80.6 Å². The molecule has 38 heavy (non-hydrogen) atoms. The third-order valence-electron chi connectivity index (χ3n) is 7.86. The quantitative estimate of drug-likeness (QED) is 0.265.